The number of amides is 2. The monoisotopic (exact) mass is 523 g/mol. The molecular weight excluding hydrogens is 498 g/mol. The largest absolute Gasteiger partial charge is 0.497 e. The van der Waals surface area contributed by atoms with Crippen LogP contribution in [0.5, 0.6) is 11.5 Å². The number of carbonyl (C=O) groups excluding carboxylic acids is 2. The van der Waals surface area contributed by atoms with Gasteiger partial charge < -0.3 is 19.7 Å². The number of nitrogens with zero attached hydrogens (tertiary/aromatic N) is 2. The van der Waals surface area contributed by atoms with E-state index >= 15 is 0 Å². The third kappa shape index (κ3) is 5.78. The molecule has 1 atom stereocenters. The Morgan fingerprint density at radius 2 is 1.64 bits per heavy atom. The minimum atomic E-state index is -0.766. The van der Waals surface area contributed by atoms with Crippen LogP contribution in [0.25, 0.3) is 0 Å². The fourth-order valence-corrected chi connectivity index (χ4v) is 4.47. The summed E-state index contributed by atoms with van der Waals surface area (Å²) in [6.45, 7) is 2.82. The Kier molecular flexibility index (Phi) is 8.07. The fraction of sp³-hybridized carbons (Fsp3) is 0.222. The fourth-order valence-electron chi connectivity index (χ4n) is 3.96. The number of halogens is 1. The molecule has 186 valence electrons. The molecule has 1 heterocycles. The maximum Gasteiger partial charge on any atom is 0.256 e. The number of benzene rings is 3. The van der Waals surface area contributed by atoms with Crippen molar-refractivity contribution in [3.63, 3.8) is 0 Å². The third-order valence-corrected chi connectivity index (χ3v) is 6.41. The summed E-state index contributed by atoms with van der Waals surface area (Å²) in [5.41, 5.74) is 2.15. The average molecular weight is 524 g/mol. The summed E-state index contributed by atoms with van der Waals surface area (Å²) in [5.74, 6) is 0.829. The van der Waals surface area contributed by atoms with Gasteiger partial charge in [-0.25, -0.2) is 0 Å². The van der Waals surface area contributed by atoms with Crippen molar-refractivity contribution in [2.75, 3.05) is 23.9 Å². The molecule has 1 unspecified atom stereocenters. The van der Waals surface area contributed by atoms with E-state index in [1.807, 2.05) is 19.1 Å². The molecule has 0 spiro atoms. The van der Waals surface area contributed by atoms with E-state index in [9.17, 15) is 9.59 Å². The molecular formula is C27H26ClN3O4S. The number of hydrogen-bond donors (Lipinski definition) is 1. The van der Waals surface area contributed by atoms with Crippen LogP contribution >= 0.6 is 23.8 Å². The molecule has 2 amide bonds. The van der Waals surface area contributed by atoms with Crippen molar-refractivity contribution < 1.29 is 19.1 Å². The first-order valence-corrected chi connectivity index (χ1v) is 12.2. The smallest absolute Gasteiger partial charge is 0.256 e. The molecule has 7 nitrogen and oxygen atoms in total. The zero-order chi connectivity index (χ0) is 25.7. The Bertz CT molecular complexity index is 1230. The number of ether oxygens (including phenoxy) is 2. The van der Waals surface area contributed by atoms with Gasteiger partial charge in [0.15, 0.2) is 5.11 Å². The molecule has 36 heavy (non-hydrogen) atoms. The molecule has 1 aliphatic heterocycles. The van der Waals surface area contributed by atoms with E-state index in [4.69, 9.17) is 33.3 Å². The number of nitrogens with one attached hydrogen (secondary N) is 1. The molecule has 0 aliphatic carbocycles. The normalized spacial score (nSPS) is 15.2. The quantitative estimate of drug-likeness (QED) is 0.385. The van der Waals surface area contributed by atoms with Gasteiger partial charge in [0.05, 0.1) is 25.8 Å². The van der Waals surface area contributed by atoms with Crippen LogP contribution < -0.4 is 19.7 Å². The lowest BCUT2D eigenvalue weighted by atomic mass is 10.1. The first kappa shape index (κ1) is 25.5. The first-order chi connectivity index (χ1) is 17.4. The molecule has 0 radical (unpaired) electrons. The van der Waals surface area contributed by atoms with Crippen molar-refractivity contribution >= 4 is 52.1 Å². The van der Waals surface area contributed by atoms with Crippen molar-refractivity contribution in [1.29, 1.82) is 0 Å². The second-order valence-corrected chi connectivity index (χ2v) is 8.94. The summed E-state index contributed by atoms with van der Waals surface area (Å²) in [6.07, 6.45) is -0.0631. The Hall–Kier alpha value is -3.62. The summed E-state index contributed by atoms with van der Waals surface area (Å²) >= 11 is 11.8. The number of methoxy groups -OCH3 is 1. The number of hydrogen-bond acceptors (Lipinski definition) is 5. The summed E-state index contributed by atoms with van der Waals surface area (Å²) < 4.78 is 10.7. The van der Waals surface area contributed by atoms with Gasteiger partial charge in [-0.15, -0.1) is 0 Å². The summed E-state index contributed by atoms with van der Waals surface area (Å²) in [6, 6.07) is 20.7. The Morgan fingerprint density at radius 3 is 2.25 bits per heavy atom. The molecule has 1 N–H and O–H groups in total. The van der Waals surface area contributed by atoms with Gasteiger partial charge in [0.2, 0.25) is 5.91 Å². The lowest BCUT2D eigenvalue weighted by molar-refractivity contribution is -0.124. The van der Waals surface area contributed by atoms with Gasteiger partial charge in [-0.2, -0.15) is 0 Å². The highest BCUT2D eigenvalue weighted by molar-refractivity contribution is 7.80. The standard InChI is InChI=1S/C27H26ClN3O4S/c1-3-35-23-12-8-20(9-13-23)29-25(32)16-24-26(33)31(21-10-14-22(34-2)15-11-21)27(36)30(24)17-18-4-6-19(28)7-5-18/h4-15,24H,3,16-17H2,1-2H3,(H,29,32). The first-order valence-electron chi connectivity index (χ1n) is 11.5. The molecule has 9 heteroatoms. The highest BCUT2D eigenvalue weighted by Crippen LogP contribution is 2.30. The van der Waals surface area contributed by atoms with Gasteiger partial charge in [-0.05, 0) is 85.4 Å². The average Bonchev–Trinajstić information content (AvgIpc) is 3.10. The molecule has 1 saturated heterocycles. The van der Waals surface area contributed by atoms with Crippen molar-refractivity contribution in [3.8, 4) is 11.5 Å². The topological polar surface area (TPSA) is 71.1 Å². The summed E-state index contributed by atoms with van der Waals surface area (Å²) in [5, 5.41) is 3.81. The lowest BCUT2D eigenvalue weighted by Gasteiger charge is -2.24. The summed E-state index contributed by atoms with van der Waals surface area (Å²) in [7, 11) is 1.58. The molecule has 1 aliphatic rings. The van der Waals surface area contributed by atoms with E-state index in [0.29, 0.717) is 40.4 Å². The minimum absolute atomic E-state index is 0.0631. The minimum Gasteiger partial charge on any atom is -0.497 e. The van der Waals surface area contributed by atoms with Gasteiger partial charge in [-0.1, -0.05) is 23.7 Å². The molecule has 0 aromatic heterocycles. The van der Waals surface area contributed by atoms with Crippen LogP contribution in [0.3, 0.4) is 0 Å². The predicted molar refractivity (Wildman–Crippen MR) is 145 cm³/mol. The number of anilines is 2. The van der Waals surface area contributed by atoms with Crippen molar-refractivity contribution in [3.05, 3.63) is 83.4 Å². The van der Waals surface area contributed by atoms with Gasteiger partial charge in [0.25, 0.3) is 5.91 Å². The second kappa shape index (κ2) is 11.4. The third-order valence-electron chi connectivity index (χ3n) is 5.74. The van der Waals surface area contributed by atoms with Crippen LogP contribution in [0.4, 0.5) is 11.4 Å². The molecule has 0 bridgehead atoms. The number of thiocarbonyl (C=S) groups is 1. The highest BCUT2D eigenvalue weighted by Gasteiger charge is 2.44. The van der Waals surface area contributed by atoms with E-state index in [2.05, 4.69) is 5.32 Å². The van der Waals surface area contributed by atoms with E-state index in [1.165, 1.54) is 4.90 Å². The SMILES string of the molecule is CCOc1ccc(NC(=O)CC2C(=O)N(c3ccc(OC)cc3)C(=S)N2Cc2ccc(Cl)cc2)cc1. The zero-order valence-corrected chi connectivity index (χ0v) is 21.5. The van der Waals surface area contributed by atoms with Crippen LogP contribution in [0.2, 0.25) is 5.02 Å². The van der Waals surface area contributed by atoms with Crippen LogP contribution in [-0.4, -0.2) is 41.6 Å². The van der Waals surface area contributed by atoms with Crippen LogP contribution in [0, 0.1) is 0 Å². The van der Waals surface area contributed by atoms with Crippen molar-refractivity contribution in [2.24, 2.45) is 0 Å². The second-order valence-electron chi connectivity index (χ2n) is 8.13. The predicted octanol–water partition coefficient (Wildman–Crippen LogP) is 5.28. The molecule has 3 aromatic rings. The van der Waals surface area contributed by atoms with Gasteiger partial charge in [-0.3, -0.25) is 14.5 Å². The van der Waals surface area contributed by atoms with Crippen molar-refractivity contribution in [2.45, 2.75) is 25.9 Å². The van der Waals surface area contributed by atoms with E-state index in [-0.39, 0.29) is 18.2 Å². The number of carbonyl (C=O) groups is 2. The molecule has 1 fully saturated rings. The van der Waals surface area contributed by atoms with Crippen LogP contribution in [0.1, 0.15) is 18.9 Å². The maximum atomic E-state index is 13.6. The van der Waals surface area contributed by atoms with Crippen molar-refractivity contribution in [1.82, 2.24) is 4.90 Å². The zero-order valence-electron chi connectivity index (χ0n) is 19.9. The lowest BCUT2D eigenvalue weighted by Crippen LogP contribution is -2.37. The van der Waals surface area contributed by atoms with Crippen LogP contribution in [-0.2, 0) is 16.1 Å². The maximum absolute atomic E-state index is 13.6. The Balaban J connectivity index is 1.56. The van der Waals surface area contributed by atoms with E-state index in [1.54, 1.807) is 72.7 Å². The van der Waals surface area contributed by atoms with E-state index < -0.39 is 6.04 Å². The van der Waals surface area contributed by atoms with Gasteiger partial charge in [0, 0.05) is 17.3 Å². The van der Waals surface area contributed by atoms with Gasteiger partial charge >= 0.3 is 0 Å². The van der Waals surface area contributed by atoms with Crippen LogP contribution in [0.15, 0.2) is 72.8 Å². The van der Waals surface area contributed by atoms with E-state index in [0.717, 1.165) is 11.3 Å². The highest BCUT2D eigenvalue weighted by atomic mass is 35.5. The molecule has 0 saturated carbocycles. The number of rotatable bonds is 9. The molecule has 3 aromatic carbocycles. The van der Waals surface area contributed by atoms with Gasteiger partial charge in [0.1, 0.15) is 17.5 Å². The molecule has 4 rings (SSSR count). The summed E-state index contributed by atoms with van der Waals surface area (Å²) in [4.78, 5) is 29.8. The Labute approximate surface area is 220 Å². The Morgan fingerprint density at radius 1 is 1.00 bits per heavy atom.